The fourth-order valence-corrected chi connectivity index (χ4v) is 5.28. The molecule has 0 aliphatic rings. The first-order valence-electron chi connectivity index (χ1n) is 13.7. The summed E-state index contributed by atoms with van der Waals surface area (Å²) >= 11 is 1.24. The molecule has 0 unspecified atom stereocenters. The zero-order chi connectivity index (χ0) is 30.7. The number of carbonyl (C=O) groups excluding carboxylic acids is 3. The lowest BCUT2D eigenvalue weighted by atomic mass is 9.99. The van der Waals surface area contributed by atoms with E-state index < -0.39 is 45.7 Å². The van der Waals surface area contributed by atoms with Crippen molar-refractivity contribution >= 4 is 38.9 Å². The summed E-state index contributed by atoms with van der Waals surface area (Å²) in [4.78, 5) is 44.2. The molecule has 2 aromatic rings. The Bertz CT molecular complexity index is 1300. The molecule has 1 aromatic carbocycles. The van der Waals surface area contributed by atoms with Crippen LogP contribution in [-0.4, -0.2) is 55.5 Å². The summed E-state index contributed by atoms with van der Waals surface area (Å²) < 4.78 is 23.7. The number of nitrogens with one attached hydrogen (secondary N) is 3. The Morgan fingerprint density at radius 2 is 1.46 bits per heavy atom. The van der Waals surface area contributed by atoms with Crippen molar-refractivity contribution in [1.29, 1.82) is 0 Å². The maximum absolute atomic E-state index is 13.5. The number of hydrogen-bond acceptors (Lipinski definition) is 8. The van der Waals surface area contributed by atoms with E-state index in [0.29, 0.717) is 30.7 Å². The topological polar surface area (TPSA) is 160 Å². The number of amides is 3. The molecule has 0 spiro atoms. The van der Waals surface area contributed by atoms with Crippen LogP contribution in [0, 0.1) is 18.8 Å². The number of thiazole rings is 1. The molecule has 226 valence electrons. The minimum absolute atomic E-state index is 0.0678. The van der Waals surface area contributed by atoms with Gasteiger partial charge in [-0.15, -0.1) is 11.3 Å². The molecule has 0 saturated heterocycles. The van der Waals surface area contributed by atoms with Crippen molar-refractivity contribution in [2.75, 3.05) is 6.26 Å². The highest BCUT2D eigenvalue weighted by Gasteiger charge is 2.29. The number of hydrogen-bond donors (Lipinski definition) is 4. The van der Waals surface area contributed by atoms with Crippen LogP contribution in [-0.2, 0) is 32.4 Å². The second-order valence-electron chi connectivity index (χ2n) is 11.1. The van der Waals surface area contributed by atoms with Gasteiger partial charge in [0.15, 0.2) is 9.84 Å². The van der Waals surface area contributed by atoms with E-state index in [2.05, 4.69) is 20.9 Å². The summed E-state index contributed by atoms with van der Waals surface area (Å²) in [6.45, 7) is 9.95. The Balaban J connectivity index is 2.24. The summed E-state index contributed by atoms with van der Waals surface area (Å²) in [6, 6.07) is 5.13. The van der Waals surface area contributed by atoms with Gasteiger partial charge in [-0.25, -0.2) is 13.4 Å². The van der Waals surface area contributed by atoms with E-state index in [-0.39, 0.29) is 11.8 Å². The molecule has 0 bridgehead atoms. The first kappa shape index (κ1) is 34.1. The van der Waals surface area contributed by atoms with Gasteiger partial charge in [0.1, 0.15) is 17.0 Å². The van der Waals surface area contributed by atoms with Gasteiger partial charge in [-0.3, -0.25) is 14.4 Å². The fraction of sp³-hybridized carbons (Fsp3) is 0.517. The second-order valence-corrected chi connectivity index (χ2v) is 14.3. The highest BCUT2D eigenvalue weighted by molar-refractivity contribution is 7.93. The van der Waals surface area contributed by atoms with Gasteiger partial charge in [-0.05, 0) is 49.1 Å². The summed E-state index contributed by atoms with van der Waals surface area (Å²) in [5.74, 6) is -1.13. The molecule has 3 atom stereocenters. The molecule has 0 radical (unpaired) electrons. The van der Waals surface area contributed by atoms with Gasteiger partial charge in [-0.1, -0.05) is 58.0 Å². The van der Waals surface area contributed by atoms with Crippen LogP contribution in [0.1, 0.15) is 66.3 Å². The molecule has 1 heterocycles. The van der Waals surface area contributed by atoms with Gasteiger partial charge in [0.05, 0.1) is 17.2 Å². The van der Waals surface area contributed by atoms with Crippen molar-refractivity contribution in [3.05, 3.63) is 63.0 Å². The van der Waals surface area contributed by atoms with Gasteiger partial charge in [0, 0.05) is 18.2 Å². The maximum atomic E-state index is 13.5. The molecule has 12 heteroatoms. The van der Waals surface area contributed by atoms with Crippen molar-refractivity contribution in [1.82, 2.24) is 20.9 Å². The molecule has 5 N–H and O–H groups in total. The zero-order valence-corrected chi connectivity index (χ0v) is 26.3. The summed E-state index contributed by atoms with van der Waals surface area (Å²) in [6.07, 6.45) is 5.06. The summed E-state index contributed by atoms with van der Waals surface area (Å²) in [7, 11) is -3.43. The zero-order valence-electron chi connectivity index (χ0n) is 24.6. The molecular formula is C29H43N5O5S2. The van der Waals surface area contributed by atoms with Gasteiger partial charge < -0.3 is 21.7 Å². The van der Waals surface area contributed by atoms with E-state index in [0.717, 1.165) is 27.8 Å². The third-order valence-electron chi connectivity index (χ3n) is 6.11. The lowest BCUT2D eigenvalue weighted by molar-refractivity contribution is -0.130. The molecule has 0 saturated carbocycles. The van der Waals surface area contributed by atoms with Crippen LogP contribution < -0.4 is 21.7 Å². The lowest BCUT2D eigenvalue weighted by Crippen LogP contribution is -2.55. The first-order valence-corrected chi connectivity index (χ1v) is 16.4. The Labute approximate surface area is 247 Å². The van der Waals surface area contributed by atoms with Crippen LogP contribution in [0.5, 0.6) is 0 Å². The van der Waals surface area contributed by atoms with Gasteiger partial charge in [0.2, 0.25) is 11.8 Å². The predicted octanol–water partition coefficient (Wildman–Crippen LogP) is 2.87. The summed E-state index contributed by atoms with van der Waals surface area (Å²) in [5.41, 5.74) is 7.52. The molecule has 1 aromatic heterocycles. The molecule has 2 rings (SSSR count). The van der Waals surface area contributed by atoms with Crippen LogP contribution in [0.4, 0.5) is 0 Å². The highest BCUT2D eigenvalue weighted by atomic mass is 32.2. The minimum Gasteiger partial charge on any atom is -0.348 e. The Morgan fingerprint density at radius 1 is 0.927 bits per heavy atom. The van der Waals surface area contributed by atoms with Crippen LogP contribution in [0.2, 0.25) is 0 Å². The monoisotopic (exact) mass is 605 g/mol. The van der Waals surface area contributed by atoms with Gasteiger partial charge in [0.25, 0.3) is 5.91 Å². The largest absolute Gasteiger partial charge is 0.348 e. The molecule has 10 nitrogen and oxygen atoms in total. The second kappa shape index (κ2) is 15.8. The number of benzene rings is 1. The van der Waals surface area contributed by atoms with Crippen LogP contribution >= 0.6 is 11.3 Å². The molecule has 0 fully saturated rings. The smallest absolute Gasteiger partial charge is 0.263 e. The van der Waals surface area contributed by atoms with E-state index in [1.54, 1.807) is 6.92 Å². The fourth-order valence-electron chi connectivity index (χ4n) is 4.13. The number of aryl methyl sites for hydroxylation is 1. The quantitative estimate of drug-likeness (QED) is 0.243. The van der Waals surface area contributed by atoms with Crippen LogP contribution in [0.25, 0.3) is 0 Å². The number of sulfone groups is 1. The molecule has 0 aliphatic heterocycles. The third-order valence-corrected chi connectivity index (χ3v) is 7.68. The van der Waals surface area contributed by atoms with E-state index in [9.17, 15) is 22.8 Å². The van der Waals surface area contributed by atoms with Crippen molar-refractivity contribution in [2.24, 2.45) is 17.6 Å². The lowest BCUT2D eigenvalue weighted by Gasteiger charge is -2.26. The Hall–Kier alpha value is -3.09. The molecule has 0 aliphatic carbocycles. The number of rotatable bonds is 15. The van der Waals surface area contributed by atoms with Crippen molar-refractivity contribution in [3.63, 3.8) is 0 Å². The van der Waals surface area contributed by atoms with Crippen molar-refractivity contribution in [2.45, 2.75) is 78.6 Å². The van der Waals surface area contributed by atoms with E-state index >= 15 is 0 Å². The molecule has 41 heavy (non-hydrogen) atoms. The van der Waals surface area contributed by atoms with Crippen LogP contribution in [0.15, 0.2) is 41.9 Å². The third kappa shape index (κ3) is 12.5. The predicted molar refractivity (Wildman–Crippen MR) is 163 cm³/mol. The standard InChI is InChI=1S/C29H43N5O5S2/c1-18(2)13-24(33-28(36)25(14-19(3)4)34-29(37)26-17-31-20(5)40-26)27(35)32-23(11-12-41(6,38)39)15-21-7-9-22(16-30)10-8-21/h7-12,17-19,23-25H,13-16,30H2,1-6H3,(H,32,35)(H,33,36)(H,34,37)/b12-11+/t23-,24+,25+/m1/s1. The van der Waals surface area contributed by atoms with Crippen molar-refractivity contribution < 1.29 is 22.8 Å². The number of carbonyl (C=O) groups is 3. The number of nitrogens with zero attached hydrogens (tertiary/aromatic N) is 1. The molecular weight excluding hydrogens is 562 g/mol. The minimum atomic E-state index is -3.43. The average Bonchev–Trinajstić information content (AvgIpc) is 3.32. The molecule has 3 amide bonds. The SMILES string of the molecule is Cc1ncc(C(=O)N[C@@H](CC(C)C)C(=O)N[C@@H](CC(C)C)C(=O)N[C@H](/C=C/S(C)(=O)=O)Cc2ccc(CN)cc2)s1. The van der Waals surface area contributed by atoms with Gasteiger partial charge >= 0.3 is 0 Å². The Kier molecular flexibility index (Phi) is 13.1. The maximum Gasteiger partial charge on any atom is 0.263 e. The normalized spacial score (nSPS) is 14.2. The first-order chi connectivity index (χ1) is 19.2. The summed E-state index contributed by atoms with van der Waals surface area (Å²) in [5, 5.41) is 10.3. The highest BCUT2D eigenvalue weighted by Crippen LogP contribution is 2.14. The number of aromatic nitrogens is 1. The van der Waals surface area contributed by atoms with E-state index in [1.165, 1.54) is 23.6 Å². The van der Waals surface area contributed by atoms with E-state index in [1.807, 2.05) is 52.0 Å². The van der Waals surface area contributed by atoms with Gasteiger partial charge in [-0.2, -0.15) is 0 Å². The van der Waals surface area contributed by atoms with E-state index in [4.69, 9.17) is 5.73 Å². The average molecular weight is 606 g/mol. The van der Waals surface area contributed by atoms with Crippen LogP contribution in [0.3, 0.4) is 0 Å². The van der Waals surface area contributed by atoms with Crippen molar-refractivity contribution in [3.8, 4) is 0 Å². The Morgan fingerprint density at radius 3 is 1.95 bits per heavy atom. The number of nitrogens with two attached hydrogens (primary N) is 1.